The van der Waals surface area contributed by atoms with E-state index < -0.39 is 0 Å². The Morgan fingerprint density at radius 3 is 2.78 bits per heavy atom. The molecule has 0 spiro atoms. The van der Waals surface area contributed by atoms with Crippen molar-refractivity contribution in [2.75, 3.05) is 13.6 Å². The average molecular weight is 329 g/mol. The van der Waals surface area contributed by atoms with E-state index in [-0.39, 0.29) is 11.8 Å². The number of hydrogen-bond acceptors (Lipinski definition) is 4. The number of ketones is 1. The number of Topliss-reactive ketones (excluding diaryl/α,β-unsaturated/α-hetero) is 1. The number of rotatable bonds is 5. The van der Waals surface area contributed by atoms with E-state index in [0.717, 1.165) is 11.3 Å². The summed E-state index contributed by atoms with van der Waals surface area (Å²) in [7, 11) is 1.91. The zero-order chi connectivity index (χ0) is 16.4. The lowest BCUT2D eigenvalue weighted by Gasteiger charge is -2.23. The molecular weight excluding hydrogens is 312 g/mol. The number of benzene rings is 1. The second-order valence-electron chi connectivity index (χ2n) is 5.47. The molecule has 0 N–H and O–H groups in total. The molecule has 3 rings (SSSR count). The maximum atomic E-state index is 12.3. The molecule has 0 saturated carbocycles. The molecule has 0 fully saturated rings. The van der Waals surface area contributed by atoms with Gasteiger partial charge in [-0.1, -0.05) is 41.9 Å². The van der Waals surface area contributed by atoms with E-state index in [2.05, 4.69) is 9.97 Å². The van der Waals surface area contributed by atoms with Crippen LogP contribution in [-0.4, -0.2) is 38.6 Å². The van der Waals surface area contributed by atoms with Crippen molar-refractivity contribution in [3.63, 3.8) is 0 Å². The number of fused-ring (bicyclic) bond motifs is 1. The third kappa shape index (κ3) is 3.11. The summed E-state index contributed by atoms with van der Waals surface area (Å²) in [5.74, 6) is 0.910. The van der Waals surface area contributed by atoms with E-state index in [1.165, 1.54) is 0 Å². The molecule has 118 valence electrons. The molecule has 1 aromatic carbocycles. The predicted octanol–water partition coefficient (Wildman–Crippen LogP) is 3.26. The van der Waals surface area contributed by atoms with Crippen molar-refractivity contribution >= 4 is 22.9 Å². The first-order valence-electron chi connectivity index (χ1n) is 7.34. The second kappa shape index (κ2) is 6.48. The quantitative estimate of drug-likeness (QED) is 0.675. The van der Waals surface area contributed by atoms with Crippen LogP contribution in [0.15, 0.2) is 48.9 Å². The first kappa shape index (κ1) is 15.6. The summed E-state index contributed by atoms with van der Waals surface area (Å²) < 4.78 is 1.91. The Hall–Kier alpha value is -2.24. The Labute approximate surface area is 139 Å². The lowest BCUT2D eigenvalue weighted by molar-refractivity contribution is 0.0922. The highest BCUT2D eigenvalue weighted by molar-refractivity contribution is 6.32. The Morgan fingerprint density at radius 1 is 1.30 bits per heavy atom. The van der Waals surface area contributed by atoms with E-state index in [4.69, 9.17) is 11.6 Å². The minimum Gasteiger partial charge on any atom is -0.298 e. The van der Waals surface area contributed by atoms with Crippen LogP contribution < -0.4 is 0 Å². The number of imidazole rings is 1. The van der Waals surface area contributed by atoms with Gasteiger partial charge in [0.1, 0.15) is 11.3 Å². The Bertz CT molecular complexity index is 831. The van der Waals surface area contributed by atoms with Crippen LogP contribution in [0.4, 0.5) is 0 Å². The molecule has 2 aromatic heterocycles. The molecule has 0 unspecified atom stereocenters. The summed E-state index contributed by atoms with van der Waals surface area (Å²) >= 11 is 6.08. The minimum absolute atomic E-state index is 0.0383. The maximum absolute atomic E-state index is 12.3. The number of likely N-dealkylation sites (N-methyl/N-ethyl adjacent to an activating group) is 1. The number of nitrogens with zero attached hydrogens (tertiary/aromatic N) is 4. The Morgan fingerprint density at radius 2 is 2.04 bits per heavy atom. The minimum atomic E-state index is -0.0383. The van der Waals surface area contributed by atoms with Crippen LogP contribution in [0, 0.1) is 0 Å². The summed E-state index contributed by atoms with van der Waals surface area (Å²) in [5, 5.41) is 0.418. The van der Waals surface area contributed by atoms with Crippen molar-refractivity contribution in [1.82, 2.24) is 19.3 Å². The molecule has 1 atom stereocenters. The lowest BCUT2D eigenvalue weighted by atomic mass is 10.1. The molecule has 0 aliphatic rings. The molecule has 2 heterocycles. The normalized spacial score (nSPS) is 12.7. The van der Waals surface area contributed by atoms with Gasteiger partial charge in [-0.2, -0.15) is 0 Å². The number of aromatic nitrogens is 3. The van der Waals surface area contributed by atoms with Crippen molar-refractivity contribution in [2.24, 2.45) is 0 Å². The number of carbonyl (C=O) groups is 1. The predicted molar refractivity (Wildman–Crippen MR) is 89.8 cm³/mol. The van der Waals surface area contributed by atoms with Gasteiger partial charge in [0.2, 0.25) is 0 Å². The van der Waals surface area contributed by atoms with E-state index >= 15 is 0 Å². The second-order valence-corrected chi connectivity index (χ2v) is 5.83. The van der Waals surface area contributed by atoms with Crippen molar-refractivity contribution in [1.29, 1.82) is 0 Å². The standard InChI is InChI=1S/C17H17ClN4O/c1-12(17-20-10-14-16(18)19-8-9-22(14)17)21(2)11-15(23)13-6-4-3-5-7-13/h3-10,12H,11H2,1-2H3/t12-/m0/s1. The van der Waals surface area contributed by atoms with Gasteiger partial charge in [0.25, 0.3) is 0 Å². The van der Waals surface area contributed by atoms with Crippen LogP contribution in [-0.2, 0) is 0 Å². The molecular formula is C17H17ClN4O. The molecule has 0 radical (unpaired) electrons. The summed E-state index contributed by atoms with van der Waals surface area (Å²) in [4.78, 5) is 22.8. The summed E-state index contributed by atoms with van der Waals surface area (Å²) in [6.07, 6.45) is 5.17. The van der Waals surface area contributed by atoms with Crippen LogP contribution in [0.3, 0.4) is 0 Å². The van der Waals surface area contributed by atoms with Gasteiger partial charge in [-0.05, 0) is 14.0 Å². The van der Waals surface area contributed by atoms with Crippen LogP contribution >= 0.6 is 11.6 Å². The van der Waals surface area contributed by atoms with Gasteiger partial charge in [0.05, 0.1) is 18.8 Å². The molecule has 0 aliphatic heterocycles. The zero-order valence-electron chi connectivity index (χ0n) is 13.0. The molecule has 5 nitrogen and oxygen atoms in total. The highest BCUT2D eigenvalue weighted by Gasteiger charge is 2.20. The summed E-state index contributed by atoms with van der Waals surface area (Å²) in [6.45, 7) is 2.33. The number of carbonyl (C=O) groups excluding carboxylic acids is 1. The van der Waals surface area contributed by atoms with Gasteiger partial charge < -0.3 is 0 Å². The fraction of sp³-hybridized carbons (Fsp3) is 0.235. The SMILES string of the molecule is C[C@@H](c1ncc2c(Cl)nccn12)N(C)CC(=O)c1ccccc1. The van der Waals surface area contributed by atoms with Gasteiger partial charge in [0, 0.05) is 18.0 Å². The largest absolute Gasteiger partial charge is 0.298 e. The number of halogens is 1. The molecule has 0 amide bonds. The van der Waals surface area contributed by atoms with E-state index in [1.807, 2.05) is 59.8 Å². The molecule has 3 aromatic rings. The third-order valence-corrected chi connectivity index (χ3v) is 4.26. The van der Waals surface area contributed by atoms with Gasteiger partial charge in [0.15, 0.2) is 10.9 Å². The number of hydrogen-bond donors (Lipinski definition) is 0. The van der Waals surface area contributed by atoms with Crippen molar-refractivity contribution in [3.8, 4) is 0 Å². The molecule has 6 heteroatoms. The molecule has 0 bridgehead atoms. The first-order valence-corrected chi connectivity index (χ1v) is 7.71. The van der Waals surface area contributed by atoms with Crippen LogP contribution in [0.2, 0.25) is 5.15 Å². The maximum Gasteiger partial charge on any atom is 0.176 e. The summed E-state index contributed by atoms with van der Waals surface area (Å²) in [5.41, 5.74) is 1.48. The van der Waals surface area contributed by atoms with Crippen molar-refractivity contribution in [3.05, 3.63) is 65.5 Å². The molecule has 0 aliphatic carbocycles. The third-order valence-electron chi connectivity index (χ3n) is 3.96. The monoisotopic (exact) mass is 328 g/mol. The highest BCUT2D eigenvalue weighted by Crippen LogP contribution is 2.22. The van der Waals surface area contributed by atoms with Gasteiger partial charge >= 0.3 is 0 Å². The topological polar surface area (TPSA) is 50.5 Å². The first-order chi connectivity index (χ1) is 11.1. The van der Waals surface area contributed by atoms with E-state index in [1.54, 1.807) is 12.4 Å². The fourth-order valence-corrected chi connectivity index (χ4v) is 2.70. The van der Waals surface area contributed by atoms with E-state index in [0.29, 0.717) is 17.3 Å². The van der Waals surface area contributed by atoms with Crippen LogP contribution in [0.25, 0.3) is 5.52 Å². The van der Waals surface area contributed by atoms with Crippen LogP contribution in [0.1, 0.15) is 29.1 Å². The van der Waals surface area contributed by atoms with Crippen molar-refractivity contribution in [2.45, 2.75) is 13.0 Å². The van der Waals surface area contributed by atoms with Gasteiger partial charge in [-0.3, -0.25) is 14.1 Å². The summed E-state index contributed by atoms with van der Waals surface area (Å²) in [6, 6.07) is 9.26. The highest BCUT2D eigenvalue weighted by atomic mass is 35.5. The molecule has 23 heavy (non-hydrogen) atoms. The fourth-order valence-electron chi connectivity index (χ4n) is 2.50. The smallest absolute Gasteiger partial charge is 0.176 e. The van der Waals surface area contributed by atoms with E-state index in [9.17, 15) is 4.79 Å². The molecule has 0 saturated heterocycles. The Kier molecular flexibility index (Phi) is 4.41. The zero-order valence-corrected chi connectivity index (χ0v) is 13.7. The Balaban J connectivity index is 1.80. The lowest BCUT2D eigenvalue weighted by Crippen LogP contribution is -2.29. The average Bonchev–Trinajstić information content (AvgIpc) is 3.00. The van der Waals surface area contributed by atoms with Crippen molar-refractivity contribution < 1.29 is 4.79 Å². The van der Waals surface area contributed by atoms with Gasteiger partial charge in [-0.15, -0.1) is 0 Å². The van der Waals surface area contributed by atoms with Gasteiger partial charge in [-0.25, -0.2) is 9.97 Å². The van der Waals surface area contributed by atoms with Crippen LogP contribution in [0.5, 0.6) is 0 Å².